The summed E-state index contributed by atoms with van der Waals surface area (Å²) in [6.45, 7) is 2.64. The van der Waals surface area contributed by atoms with Gasteiger partial charge in [-0.05, 0) is 55.9 Å². The van der Waals surface area contributed by atoms with Crippen molar-refractivity contribution in [2.75, 3.05) is 19.9 Å². The zero-order valence-corrected chi connectivity index (χ0v) is 19.8. The lowest BCUT2D eigenvalue weighted by molar-refractivity contribution is 0.0726. The van der Waals surface area contributed by atoms with Gasteiger partial charge < -0.3 is 14.6 Å². The molecule has 0 aliphatic carbocycles. The number of thioether (sulfide) groups is 1. The van der Waals surface area contributed by atoms with Gasteiger partial charge in [-0.1, -0.05) is 18.2 Å². The number of para-hydroxylation sites is 1. The zero-order chi connectivity index (χ0) is 22.2. The van der Waals surface area contributed by atoms with E-state index in [1.807, 2.05) is 48.2 Å². The first-order valence-corrected chi connectivity index (χ1v) is 12.6. The molecule has 5 rings (SSSR count). The number of nitrogens with zero attached hydrogens (tertiary/aromatic N) is 3. The van der Waals surface area contributed by atoms with Gasteiger partial charge in [-0.15, -0.1) is 23.1 Å². The van der Waals surface area contributed by atoms with E-state index in [9.17, 15) is 4.79 Å². The molecule has 1 atom stereocenters. The van der Waals surface area contributed by atoms with Crippen LogP contribution in [0.1, 0.15) is 40.2 Å². The van der Waals surface area contributed by atoms with Gasteiger partial charge in [0.05, 0.1) is 28.6 Å². The number of aryl methyl sites for hydroxylation is 1. The topological polar surface area (TPSA) is 71.1 Å². The van der Waals surface area contributed by atoms with Crippen molar-refractivity contribution < 1.29 is 9.53 Å². The molecule has 1 fully saturated rings. The molecule has 1 N–H and O–H groups in total. The number of benzene rings is 2. The second-order valence-corrected chi connectivity index (χ2v) is 9.83. The Balaban J connectivity index is 1.51. The molecule has 4 aromatic rings. The molecular formula is C24H24N4O2S2. The van der Waals surface area contributed by atoms with E-state index < -0.39 is 0 Å². The van der Waals surface area contributed by atoms with Gasteiger partial charge in [0.15, 0.2) is 0 Å². The first-order valence-electron chi connectivity index (χ1n) is 10.5. The molecule has 0 unspecified atom stereocenters. The van der Waals surface area contributed by atoms with E-state index in [-0.39, 0.29) is 11.9 Å². The summed E-state index contributed by atoms with van der Waals surface area (Å²) in [6, 6.07) is 13.9. The maximum absolute atomic E-state index is 13.7. The van der Waals surface area contributed by atoms with Gasteiger partial charge in [0.25, 0.3) is 5.91 Å². The lowest BCUT2D eigenvalue weighted by Crippen LogP contribution is -2.31. The number of nitrogens with one attached hydrogen (secondary N) is 1. The average molecular weight is 465 g/mol. The van der Waals surface area contributed by atoms with E-state index in [0.29, 0.717) is 12.2 Å². The van der Waals surface area contributed by atoms with Crippen LogP contribution in [-0.2, 0) is 0 Å². The number of rotatable bonds is 5. The van der Waals surface area contributed by atoms with Gasteiger partial charge in [-0.3, -0.25) is 4.79 Å². The molecule has 6 nitrogen and oxygen atoms in total. The van der Waals surface area contributed by atoms with Crippen molar-refractivity contribution in [1.29, 1.82) is 0 Å². The normalized spacial score (nSPS) is 16.1. The highest BCUT2D eigenvalue weighted by atomic mass is 32.2. The Kier molecular flexibility index (Phi) is 5.65. The summed E-state index contributed by atoms with van der Waals surface area (Å²) in [6.07, 6.45) is 3.89. The molecule has 164 valence electrons. The highest BCUT2D eigenvalue weighted by molar-refractivity contribution is 7.98. The van der Waals surface area contributed by atoms with E-state index in [1.54, 1.807) is 18.9 Å². The number of methoxy groups -OCH3 is 1. The fraction of sp³-hybridized carbons (Fsp3) is 0.292. The van der Waals surface area contributed by atoms with Crippen LogP contribution < -0.4 is 4.74 Å². The number of hydrogen-bond acceptors (Lipinski definition) is 6. The number of likely N-dealkylation sites (tertiary alicyclic amines) is 1. The van der Waals surface area contributed by atoms with Gasteiger partial charge in [0, 0.05) is 11.4 Å². The molecule has 0 bridgehead atoms. The molecule has 1 amide bonds. The van der Waals surface area contributed by atoms with E-state index in [2.05, 4.69) is 22.3 Å². The van der Waals surface area contributed by atoms with Gasteiger partial charge >= 0.3 is 0 Å². The third kappa shape index (κ3) is 3.67. The third-order valence-corrected chi connectivity index (χ3v) is 7.60. The molecule has 1 aliphatic heterocycles. The molecule has 0 spiro atoms. The Labute approximate surface area is 195 Å². The van der Waals surface area contributed by atoms with Crippen molar-refractivity contribution in [3.63, 3.8) is 0 Å². The molecule has 8 heteroatoms. The number of hydrogen-bond donors (Lipinski definition) is 1. The van der Waals surface area contributed by atoms with Crippen molar-refractivity contribution in [3.8, 4) is 16.2 Å². The summed E-state index contributed by atoms with van der Waals surface area (Å²) in [5.74, 6) is 1.57. The van der Waals surface area contributed by atoms with Crippen molar-refractivity contribution in [2.45, 2.75) is 30.7 Å². The molecule has 1 saturated heterocycles. The highest BCUT2D eigenvalue weighted by Crippen LogP contribution is 2.38. The summed E-state index contributed by atoms with van der Waals surface area (Å²) >= 11 is 3.22. The minimum Gasteiger partial charge on any atom is -0.497 e. The SMILES string of the molecule is COc1cccc(-c2sc(C)nc2C(=O)N2CCC[C@H]2c2nc3c(SC)cccc3[nH]2)c1. The molecule has 2 aromatic carbocycles. The summed E-state index contributed by atoms with van der Waals surface area (Å²) in [7, 11) is 1.65. The quantitative estimate of drug-likeness (QED) is 0.384. The Morgan fingerprint density at radius 3 is 2.91 bits per heavy atom. The summed E-state index contributed by atoms with van der Waals surface area (Å²) in [5.41, 5.74) is 3.43. The smallest absolute Gasteiger partial charge is 0.274 e. The standard InChI is InChI=1S/C24H24N4O2S2/c1-14-25-21(22(32-14)15-7-4-8-16(13-15)30-2)24(29)28-12-6-10-18(28)23-26-17-9-5-11-19(31-3)20(17)27-23/h4-5,7-9,11,13,18H,6,10,12H2,1-3H3,(H,26,27)/t18-/m0/s1. The van der Waals surface area contributed by atoms with Crippen LogP contribution >= 0.6 is 23.1 Å². The molecular weight excluding hydrogens is 440 g/mol. The molecule has 1 aliphatic rings. The van der Waals surface area contributed by atoms with E-state index >= 15 is 0 Å². The van der Waals surface area contributed by atoms with Gasteiger partial charge in [0.2, 0.25) is 0 Å². The number of aromatic amines is 1. The molecule has 0 radical (unpaired) electrons. The first-order chi connectivity index (χ1) is 15.6. The number of aromatic nitrogens is 3. The van der Waals surface area contributed by atoms with Crippen molar-refractivity contribution >= 4 is 40.0 Å². The number of carbonyl (C=O) groups excluding carboxylic acids is 1. The van der Waals surface area contributed by atoms with E-state index in [4.69, 9.17) is 9.72 Å². The summed E-state index contributed by atoms with van der Waals surface area (Å²) in [4.78, 5) is 30.7. The maximum atomic E-state index is 13.7. The lowest BCUT2D eigenvalue weighted by atomic mass is 10.1. The fourth-order valence-corrected chi connectivity index (χ4v) is 5.78. The number of thiazole rings is 1. The minimum atomic E-state index is -0.0789. The fourth-order valence-electron chi connectivity index (χ4n) is 4.31. The van der Waals surface area contributed by atoms with Crippen LogP contribution in [-0.4, -0.2) is 45.7 Å². The highest BCUT2D eigenvalue weighted by Gasteiger charge is 2.35. The monoisotopic (exact) mass is 464 g/mol. The molecule has 32 heavy (non-hydrogen) atoms. The predicted molar refractivity (Wildman–Crippen MR) is 130 cm³/mol. The Morgan fingerprint density at radius 2 is 2.09 bits per heavy atom. The van der Waals surface area contributed by atoms with E-state index in [0.717, 1.165) is 55.8 Å². The van der Waals surface area contributed by atoms with Gasteiger partial charge in [0.1, 0.15) is 22.8 Å². The first kappa shape index (κ1) is 21.0. The van der Waals surface area contributed by atoms with E-state index in [1.165, 1.54) is 11.3 Å². The van der Waals surface area contributed by atoms with Crippen LogP contribution in [0.2, 0.25) is 0 Å². The zero-order valence-electron chi connectivity index (χ0n) is 18.2. The minimum absolute atomic E-state index is 0.0415. The second-order valence-electron chi connectivity index (χ2n) is 7.78. The predicted octanol–water partition coefficient (Wildman–Crippen LogP) is 5.70. The van der Waals surface area contributed by atoms with Crippen LogP contribution in [0.25, 0.3) is 21.5 Å². The summed E-state index contributed by atoms with van der Waals surface area (Å²) in [5, 5.41) is 0.871. The Morgan fingerprint density at radius 1 is 1.25 bits per heavy atom. The molecule has 3 heterocycles. The number of ether oxygens (including phenoxy) is 1. The number of imidazole rings is 1. The molecule has 0 saturated carbocycles. The van der Waals surface area contributed by atoms with Crippen molar-refractivity contribution in [1.82, 2.24) is 19.9 Å². The number of H-pyrrole nitrogens is 1. The number of amides is 1. The van der Waals surface area contributed by atoms with Crippen LogP contribution in [0, 0.1) is 6.92 Å². The summed E-state index contributed by atoms with van der Waals surface area (Å²) < 4.78 is 5.38. The Hall–Kier alpha value is -2.84. The largest absolute Gasteiger partial charge is 0.497 e. The van der Waals surface area contributed by atoms with Crippen LogP contribution in [0.5, 0.6) is 5.75 Å². The second kappa shape index (κ2) is 8.60. The molecule has 2 aromatic heterocycles. The lowest BCUT2D eigenvalue weighted by Gasteiger charge is -2.23. The van der Waals surface area contributed by atoms with Crippen LogP contribution in [0.4, 0.5) is 0 Å². The van der Waals surface area contributed by atoms with Gasteiger partial charge in [-0.2, -0.15) is 0 Å². The van der Waals surface area contributed by atoms with Crippen molar-refractivity contribution in [3.05, 3.63) is 59.0 Å². The van der Waals surface area contributed by atoms with Crippen molar-refractivity contribution in [2.24, 2.45) is 0 Å². The van der Waals surface area contributed by atoms with Crippen LogP contribution in [0.3, 0.4) is 0 Å². The maximum Gasteiger partial charge on any atom is 0.274 e. The third-order valence-electron chi connectivity index (χ3n) is 5.81. The average Bonchev–Trinajstić information content (AvgIpc) is 3.55. The van der Waals surface area contributed by atoms with Crippen LogP contribution in [0.15, 0.2) is 47.4 Å². The Bertz CT molecular complexity index is 1300. The van der Waals surface area contributed by atoms with Gasteiger partial charge in [-0.25, -0.2) is 9.97 Å². The number of fused-ring (bicyclic) bond motifs is 1. The number of carbonyl (C=O) groups is 1.